The Kier molecular flexibility index (Phi) is 28.9. The van der Waals surface area contributed by atoms with Gasteiger partial charge in [-0.1, -0.05) is 53.4 Å². The Balaban J connectivity index is -0.000000191. The molecule has 0 aliphatic heterocycles. The minimum absolute atomic E-state index is 0.111. The van der Waals surface area contributed by atoms with Crippen LogP contribution in [-0.4, -0.2) is 105 Å². The third-order valence-electron chi connectivity index (χ3n) is 5.24. The highest BCUT2D eigenvalue weighted by Gasteiger charge is 2.12. The van der Waals surface area contributed by atoms with Gasteiger partial charge in [-0.05, 0) is 31.6 Å². The third-order valence-corrected chi connectivity index (χ3v) is 5.24. The fourth-order valence-electron chi connectivity index (χ4n) is 2.69. The number of hydrogen-bond acceptors (Lipinski definition) is 4. The summed E-state index contributed by atoms with van der Waals surface area (Å²) in [5, 5.41) is 26.2. The number of guanidine groups is 2. The van der Waals surface area contributed by atoms with Gasteiger partial charge in [0.05, 0.1) is 34.1 Å². The van der Waals surface area contributed by atoms with E-state index in [1.54, 1.807) is 9.80 Å². The number of carboxylic acids is 2. The van der Waals surface area contributed by atoms with Gasteiger partial charge in [-0.2, -0.15) is 0 Å². The van der Waals surface area contributed by atoms with Gasteiger partial charge in [0.15, 0.2) is 5.96 Å². The van der Waals surface area contributed by atoms with Crippen LogP contribution in [0, 0.1) is 17.2 Å². The highest BCUT2D eigenvalue weighted by atomic mass is 16.4. The van der Waals surface area contributed by atoms with E-state index in [0.29, 0.717) is 12.4 Å². The molecule has 0 aromatic carbocycles. The highest BCUT2D eigenvalue weighted by Crippen LogP contribution is 2.12. The first-order valence-corrected chi connectivity index (χ1v) is 12.9. The Bertz CT molecular complexity index is 567. The number of hydrogen-bond donors (Lipinski definition) is 3. The van der Waals surface area contributed by atoms with Crippen molar-refractivity contribution in [3.8, 4) is 0 Å². The lowest BCUT2D eigenvalue weighted by atomic mass is 10.00. The van der Waals surface area contributed by atoms with Crippen molar-refractivity contribution < 1.29 is 24.4 Å². The van der Waals surface area contributed by atoms with Gasteiger partial charge in [0.25, 0.3) is 0 Å². The Labute approximate surface area is 221 Å². The van der Waals surface area contributed by atoms with E-state index in [9.17, 15) is 14.7 Å². The number of unbranched alkanes of at least 4 members (excludes halogenated alkanes) is 2. The van der Waals surface area contributed by atoms with Gasteiger partial charge < -0.3 is 24.8 Å². The van der Waals surface area contributed by atoms with Crippen LogP contribution in [0.1, 0.15) is 79.1 Å². The molecule has 10 nitrogen and oxygen atoms in total. The van der Waals surface area contributed by atoms with Gasteiger partial charge in [-0.25, -0.2) is 0 Å². The average Bonchev–Trinajstić information content (AvgIpc) is 2.79. The highest BCUT2D eigenvalue weighted by molar-refractivity contribution is 5.75. The van der Waals surface area contributed by atoms with Crippen LogP contribution in [-0.2, 0) is 9.59 Å². The fraction of sp³-hybridized carbons (Fsp3) is 0.846. The lowest BCUT2D eigenvalue weighted by Gasteiger charge is -2.19. The summed E-state index contributed by atoms with van der Waals surface area (Å²) in [6.07, 6.45) is 7.24. The van der Waals surface area contributed by atoms with Crippen LogP contribution < -0.4 is 10.8 Å². The molecule has 4 N–H and O–H groups in total. The van der Waals surface area contributed by atoms with E-state index in [0.717, 1.165) is 50.9 Å². The van der Waals surface area contributed by atoms with Gasteiger partial charge in [0.1, 0.15) is 0 Å². The maximum atomic E-state index is 10.4. The molecule has 2 atom stereocenters. The van der Waals surface area contributed by atoms with Crippen molar-refractivity contribution in [1.29, 1.82) is 5.41 Å². The Morgan fingerprint density at radius 1 is 0.833 bits per heavy atom. The maximum absolute atomic E-state index is 10.4. The third kappa shape index (κ3) is 26.1. The van der Waals surface area contributed by atoms with Gasteiger partial charge >= 0.3 is 11.9 Å². The summed E-state index contributed by atoms with van der Waals surface area (Å²) in [7, 11) is 15.0. The van der Waals surface area contributed by atoms with Gasteiger partial charge in [0.2, 0.25) is 0 Å². The number of carbonyl (C=O) groups excluding carboxylic acids is 1. The largest absolute Gasteiger partial charge is 0.550 e. The molecule has 216 valence electrons. The molecule has 0 aromatic rings. The predicted octanol–water partition coefficient (Wildman–Crippen LogP) is 2.42. The summed E-state index contributed by atoms with van der Waals surface area (Å²) in [5.74, 6) is -0.582. The smallest absolute Gasteiger partial charge is 0.344 e. The van der Waals surface area contributed by atoms with Crippen molar-refractivity contribution in [2.24, 2.45) is 17.6 Å². The van der Waals surface area contributed by atoms with Crippen molar-refractivity contribution in [3.63, 3.8) is 0 Å². The first-order valence-electron chi connectivity index (χ1n) is 12.9. The summed E-state index contributed by atoms with van der Waals surface area (Å²) in [6, 6.07) is 0. The maximum Gasteiger partial charge on any atom is 0.344 e. The molecule has 0 aliphatic rings. The number of carbonyl (C=O) groups is 2. The number of aliphatic carboxylic acids is 2. The summed E-state index contributed by atoms with van der Waals surface area (Å²) >= 11 is 0. The Morgan fingerprint density at radius 2 is 1.19 bits per heavy atom. The first-order chi connectivity index (χ1) is 16.5. The number of nitrogens with zero attached hydrogens (tertiary/aromatic N) is 4. The van der Waals surface area contributed by atoms with E-state index in [-0.39, 0.29) is 11.8 Å². The van der Waals surface area contributed by atoms with Gasteiger partial charge in [-0.3, -0.25) is 25.4 Å². The van der Waals surface area contributed by atoms with Gasteiger partial charge in [-0.15, -0.1) is 0 Å². The Morgan fingerprint density at radius 3 is 1.33 bits per heavy atom. The molecule has 0 amide bonds. The predicted molar refractivity (Wildman–Crippen MR) is 149 cm³/mol. The number of rotatable bonds is 10. The van der Waals surface area contributed by atoms with Crippen LogP contribution in [0.3, 0.4) is 0 Å². The molecule has 0 bridgehead atoms. The average molecular weight is 519 g/mol. The topological polar surface area (TPSA) is 140 Å². The second-order valence-corrected chi connectivity index (χ2v) is 9.41. The monoisotopic (exact) mass is 518 g/mol. The van der Waals surface area contributed by atoms with Gasteiger partial charge in [0, 0.05) is 34.2 Å². The standard InChI is InChI=1S/2C8H16O2.2C5H13N3/c2*1-3-5-6-7(4-2)8(9)10;2*1-7(2)5(6)8(3)4/h2*7H,3-6H2,1-2H3,(H,9,10);2*6H,1-4H3. The summed E-state index contributed by atoms with van der Waals surface area (Å²) in [5.41, 5.74) is 5.53. The zero-order chi connectivity index (χ0) is 29.4. The molecule has 0 aromatic heterocycles. The normalized spacial score (nSPS) is 11.0. The molecular formula is C26H58N6O4. The van der Waals surface area contributed by atoms with Crippen LogP contribution in [0.25, 0.3) is 0 Å². The van der Waals surface area contributed by atoms with Crippen molar-refractivity contribution >= 4 is 23.9 Å². The lowest BCUT2D eigenvalue weighted by Crippen LogP contribution is -2.36. The summed E-state index contributed by atoms with van der Waals surface area (Å²) in [6.45, 7) is 7.95. The summed E-state index contributed by atoms with van der Waals surface area (Å²) < 4.78 is 1.86. The van der Waals surface area contributed by atoms with E-state index in [2.05, 4.69) is 13.8 Å². The minimum atomic E-state index is -0.893. The van der Waals surface area contributed by atoms with E-state index >= 15 is 0 Å². The number of carboxylic acid groups (broad SMARTS) is 2. The Hall–Kier alpha value is -2.52. The van der Waals surface area contributed by atoms with Crippen molar-refractivity contribution in [2.75, 3.05) is 56.4 Å². The van der Waals surface area contributed by atoms with E-state index in [4.69, 9.17) is 16.2 Å². The molecule has 2 unspecified atom stereocenters. The fourth-order valence-corrected chi connectivity index (χ4v) is 2.69. The van der Waals surface area contributed by atoms with E-state index < -0.39 is 11.9 Å². The SMILES string of the molecule is CCCCC(CC)C(=O)O.CCCCC(CC)C(=O)[O-].CN(C)C(=N)N(C)C.CN(C)C(N)=[N+](C)C. The second-order valence-electron chi connectivity index (χ2n) is 9.41. The summed E-state index contributed by atoms with van der Waals surface area (Å²) in [4.78, 5) is 26.1. The number of nitrogens with one attached hydrogen (secondary N) is 1. The molecular weight excluding hydrogens is 460 g/mol. The molecule has 0 fully saturated rings. The molecule has 0 rings (SSSR count). The number of nitrogens with two attached hydrogens (primary N) is 1. The molecule has 0 radical (unpaired) electrons. The zero-order valence-corrected chi connectivity index (χ0v) is 25.3. The lowest BCUT2D eigenvalue weighted by molar-refractivity contribution is -0.470. The van der Waals surface area contributed by atoms with Crippen molar-refractivity contribution in [2.45, 2.75) is 79.1 Å². The molecule has 0 heterocycles. The molecule has 10 heteroatoms. The molecule has 0 saturated carbocycles. The van der Waals surface area contributed by atoms with Crippen LogP contribution in [0.2, 0.25) is 0 Å². The quantitative estimate of drug-likeness (QED) is 0.228. The van der Waals surface area contributed by atoms with Crippen molar-refractivity contribution in [3.05, 3.63) is 0 Å². The van der Waals surface area contributed by atoms with Crippen LogP contribution >= 0.6 is 0 Å². The molecule has 0 saturated heterocycles. The zero-order valence-electron chi connectivity index (χ0n) is 25.3. The minimum Gasteiger partial charge on any atom is -0.550 e. The van der Waals surface area contributed by atoms with Crippen LogP contribution in [0.4, 0.5) is 0 Å². The molecule has 0 aliphatic carbocycles. The molecule has 0 spiro atoms. The molecule has 36 heavy (non-hydrogen) atoms. The van der Waals surface area contributed by atoms with Crippen LogP contribution in [0.15, 0.2) is 0 Å². The van der Waals surface area contributed by atoms with E-state index in [1.807, 2.05) is 79.7 Å². The van der Waals surface area contributed by atoms with Crippen molar-refractivity contribution in [1.82, 2.24) is 14.7 Å². The first kappa shape index (κ1) is 40.6. The van der Waals surface area contributed by atoms with Crippen LogP contribution in [0.5, 0.6) is 0 Å². The second kappa shape index (κ2) is 25.6. The van der Waals surface area contributed by atoms with E-state index in [1.165, 1.54) is 0 Å².